The summed E-state index contributed by atoms with van der Waals surface area (Å²) in [5.41, 5.74) is 3.40. The fraction of sp³-hybridized carbons (Fsp3) is 0.263. The molecule has 2 aromatic heterocycles. The van der Waals surface area contributed by atoms with Gasteiger partial charge in [-0.25, -0.2) is 4.98 Å². The number of thiazole rings is 1. The van der Waals surface area contributed by atoms with Gasteiger partial charge >= 0.3 is 0 Å². The van der Waals surface area contributed by atoms with Crippen LogP contribution in [0, 0.1) is 13.8 Å². The molecule has 3 aromatic rings. The quantitative estimate of drug-likeness (QED) is 0.693. The summed E-state index contributed by atoms with van der Waals surface area (Å²) in [4.78, 5) is 19.1. The highest BCUT2D eigenvalue weighted by Gasteiger charge is 2.13. The number of benzene rings is 1. The molecule has 0 bridgehead atoms. The van der Waals surface area contributed by atoms with Crippen molar-refractivity contribution in [1.82, 2.24) is 10.3 Å². The van der Waals surface area contributed by atoms with E-state index < -0.39 is 0 Å². The van der Waals surface area contributed by atoms with E-state index in [4.69, 9.17) is 0 Å². The third-order valence-electron chi connectivity index (χ3n) is 3.75. The van der Waals surface area contributed by atoms with E-state index in [2.05, 4.69) is 52.9 Å². The summed E-state index contributed by atoms with van der Waals surface area (Å²) >= 11 is 3.38. The monoisotopic (exact) mass is 356 g/mol. The molecule has 5 heteroatoms. The van der Waals surface area contributed by atoms with E-state index in [-0.39, 0.29) is 5.91 Å². The van der Waals surface area contributed by atoms with Crippen molar-refractivity contribution in [2.45, 2.75) is 33.2 Å². The average Bonchev–Trinajstić information content (AvgIpc) is 3.21. The van der Waals surface area contributed by atoms with E-state index in [0.717, 1.165) is 22.7 Å². The minimum absolute atomic E-state index is 0.0822. The number of rotatable bonds is 6. The Morgan fingerprint density at radius 1 is 1.17 bits per heavy atom. The topological polar surface area (TPSA) is 42.0 Å². The van der Waals surface area contributed by atoms with Gasteiger partial charge in [0.05, 0.1) is 15.6 Å². The third kappa shape index (κ3) is 4.30. The highest BCUT2D eigenvalue weighted by atomic mass is 32.1. The summed E-state index contributed by atoms with van der Waals surface area (Å²) in [6.45, 7) is 4.66. The van der Waals surface area contributed by atoms with Gasteiger partial charge in [-0.2, -0.15) is 0 Å². The Morgan fingerprint density at radius 2 is 1.96 bits per heavy atom. The molecule has 1 amide bonds. The van der Waals surface area contributed by atoms with Gasteiger partial charge in [0.1, 0.15) is 0 Å². The highest BCUT2D eigenvalue weighted by molar-refractivity contribution is 7.15. The van der Waals surface area contributed by atoms with Crippen LogP contribution in [0.3, 0.4) is 0 Å². The number of nitrogens with one attached hydrogen (secondary N) is 1. The first-order chi connectivity index (χ1) is 11.6. The van der Waals surface area contributed by atoms with E-state index in [1.54, 1.807) is 22.7 Å². The Kier molecular flexibility index (Phi) is 5.43. The number of carbonyl (C=O) groups excluding carboxylic acids is 1. The van der Waals surface area contributed by atoms with Gasteiger partial charge in [-0.05, 0) is 37.3 Å². The lowest BCUT2D eigenvalue weighted by molar-refractivity contribution is -0.121. The molecule has 3 rings (SSSR count). The van der Waals surface area contributed by atoms with Gasteiger partial charge in [0.25, 0.3) is 0 Å². The number of amides is 1. The van der Waals surface area contributed by atoms with Crippen molar-refractivity contribution < 1.29 is 4.79 Å². The van der Waals surface area contributed by atoms with Crippen LogP contribution in [0.25, 0.3) is 10.6 Å². The van der Waals surface area contributed by atoms with Crippen molar-refractivity contribution in [1.29, 1.82) is 0 Å². The standard InChI is InChI=1S/C19H20N2OS2/c1-13-5-7-15(8-6-13)12-20-18(22)10-9-17-19(21-14(2)24-17)16-4-3-11-23-16/h3-8,11H,9-10,12H2,1-2H3,(H,20,22). The first kappa shape index (κ1) is 16.9. The van der Waals surface area contributed by atoms with Crippen LogP contribution in [0.15, 0.2) is 41.8 Å². The maximum absolute atomic E-state index is 12.1. The van der Waals surface area contributed by atoms with Crippen LogP contribution in [0.1, 0.15) is 27.4 Å². The molecule has 0 saturated carbocycles. The maximum atomic E-state index is 12.1. The fourth-order valence-electron chi connectivity index (χ4n) is 2.47. The van der Waals surface area contributed by atoms with Crippen molar-refractivity contribution in [2.75, 3.05) is 0 Å². The molecule has 1 aromatic carbocycles. The Balaban J connectivity index is 1.56. The molecule has 0 aliphatic heterocycles. The second-order valence-corrected chi connectivity index (χ2v) is 7.98. The van der Waals surface area contributed by atoms with Gasteiger partial charge in [0, 0.05) is 17.8 Å². The third-order valence-corrected chi connectivity index (χ3v) is 5.66. The molecule has 0 saturated heterocycles. The van der Waals surface area contributed by atoms with E-state index >= 15 is 0 Å². The number of nitrogens with zero attached hydrogens (tertiary/aromatic N) is 1. The average molecular weight is 357 g/mol. The molecular formula is C19H20N2OS2. The van der Waals surface area contributed by atoms with Crippen LogP contribution in [0.2, 0.25) is 0 Å². The number of aromatic nitrogens is 1. The zero-order valence-electron chi connectivity index (χ0n) is 13.8. The lowest BCUT2D eigenvalue weighted by Gasteiger charge is -2.06. The van der Waals surface area contributed by atoms with Gasteiger partial charge in [-0.15, -0.1) is 22.7 Å². The van der Waals surface area contributed by atoms with E-state index in [1.165, 1.54) is 15.3 Å². The van der Waals surface area contributed by atoms with Gasteiger partial charge in [-0.1, -0.05) is 35.9 Å². The zero-order valence-corrected chi connectivity index (χ0v) is 15.5. The molecular weight excluding hydrogens is 336 g/mol. The van der Waals surface area contributed by atoms with Gasteiger partial charge in [0.2, 0.25) is 5.91 Å². The van der Waals surface area contributed by atoms with Crippen LogP contribution in [0.4, 0.5) is 0 Å². The van der Waals surface area contributed by atoms with Crippen molar-refractivity contribution in [3.05, 3.63) is 62.8 Å². The SMILES string of the molecule is Cc1ccc(CNC(=O)CCc2sc(C)nc2-c2cccs2)cc1. The minimum Gasteiger partial charge on any atom is -0.352 e. The lowest BCUT2D eigenvalue weighted by atomic mass is 10.1. The second-order valence-electron chi connectivity index (χ2n) is 5.74. The normalized spacial score (nSPS) is 10.8. The van der Waals surface area contributed by atoms with Crippen LogP contribution in [-0.4, -0.2) is 10.9 Å². The number of carbonyl (C=O) groups is 1. The van der Waals surface area contributed by atoms with Crippen molar-refractivity contribution >= 4 is 28.6 Å². The molecule has 124 valence electrons. The number of hydrogen-bond acceptors (Lipinski definition) is 4. The molecule has 0 unspecified atom stereocenters. The van der Waals surface area contributed by atoms with Crippen molar-refractivity contribution in [2.24, 2.45) is 0 Å². The molecule has 0 atom stereocenters. The molecule has 2 heterocycles. The lowest BCUT2D eigenvalue weighted by Crippen LogP contribution is -2.22. The predicted molar refractivity (Wildman–Crippen MR) is 102 cm³/mol. The minimum atomic E-state index is 0.0822. The summed E-state index contributed by atoms with van der Waals surface area (Å²) in [5.74, 6) is 0.0822. The number of thiophene rings is 1. The van der Waals surface area contributed by atoms with E-state index in [9.17, 15) is 4.79 Å². The Hall–Kier alpha value is -1.98. The Morgan fingerprint density at radius 3 is 2.67 bits per heavy atom. The Labute approximate surface area is 150 Å². The summed E-state index contributed by atoms with van der Waals surface area (Å²) in [5, 5.41) is 6.10. The first-order valence-electron chi connectivity index (χ1n) is 7.94. The molecule has 24 heavy (non-hydrogen) atoms. The second kappa shape index (κ2) is 7.73. The summed E-state index contributed by atoms with van der Waals surface area (Å²) in [6, 6.07) is 12.4. The molecule has 1 N–H and O–H groups in total. The Bertz CT molecular complexity index is 805. The van der Waals surface area contributed by atoms with Crippen LogP contribution in [0.5, 0.6) is 0 Å². The fourth-order valence-corrected chi connectivity index (χ4v) is 4.22. The van der Waals surface area contributed by atoms with E-state index in [1.807, 2.05) is 13.0 Å². The van der Waals surface area contributed by atoms with Gasteiger partial charge < -0.3 is 5.32 Å². The van der Waals surface area contributed by atoms with Gasteiger partial charge in [0.15, 0.2) is 0 Å². The summed E-state index contributed by atoms with van der Waals surface area (Å²) in [6.07, 6.45) is 1.23. The molecule has 0 fully saturated rings. The smallest absolute Gasteiger partial charge is 0.220 e. The molecule has 0 aliphatic rings. The van der Waals surface area contributed by atoms with Crippen LogP contribution in [-0.2, 0) is 17.8 Å². The zero-order chi connectivity index (χ0) is 16.9. The molecule has 0 aliphatic carbocycles. The van der Waals surface area contributed by atoms with E-state index in [0.29, 0.717) is 13.0 Å². The van der Waals surface area contributed by atoms with Crippen LogP contribution >= 0.6 is 22.7 Å². The summed E-state index contributed by atoms with van der Waals surface area (Å²) in [7, 11) is 0. The number of hydrogen-bond donors (Lipinski definition) is 1. The number of aryl methyl sites for hydroxylation is 3. The first-order valence-corrected chi connectivity index (χ1v) is 9.64. The predicted octanol–water partition coefficient (Wildman–Crippen LogP) is 4.74. The molecule has 0 spiro atoms. The highest BCUT2D eigenvalue weighted by Crippen LogP contribution is 2.31. The van der Waals surface area contributed by atoms with Crippen molar-refractivity contribution in [3.8, 4) is 10.6 Å². The maximum Gasteiger partial charge on any atom is 0.220 e. The van der Waals surface area contributed by atoms with Crippen molar-refractivity contribution in [3.63, 3.8) is 0 Å². The molecule has 3 nitrogen and oxygen atoms in total. The summed E-state index contributed by atoms with van der Waals surface area (Å²) < 4.78 is 0. The largest absolute Gasteiger partial charge is 0.352 e. The molecule has 0 radical (unpaired) electrons. The van der Waals surface area contributed by atoms with Gasteiger partial charge in [-0.3, -0.25) is 4.79 Å². The van der Waals surface area contributed by atoms with Crippen LogP contribution < -0.4 is 5.32 Å².